The first kappa shape index (κ1) is 29.7. The number of carbonyl (C=O) groups is 1. The Morgan fingerprint density at radius 3 is 2.50 bits per heavy atom. The van der Waals surface area contributed by atoms with Crippen molar-refractivity contribution < 1.29 is 37.9 Å². The Hall–Kier alpha value is -2.87. The molecule has 2 heterocycles. The van der Waals surface area contributed by atoms with Gasteiger partial charge in [-0.05, 0) is 45.9 Å². The quantitative estimate of drug-likeness (QED) is 0.196. The van der Waals surface area contributed by atoms with Gasteiger partial charge in [-0.1, -0.05) is 22.9 Å². The van der Waals surface area contributed by atoms with Crippen molar-refractivity contribution in [1.29, 1.82) is 0 Å². The maximum absolute atomic E-state index is 14.9. The molecule has 12 nitrogen and oxygen atoms in total. The van der Waals surface area contributed by atoms with Crippen LogP contribution in [0.15, 0.2) is 24.3 Å². The molecule has 1 aromatic carbocycles. The summed E-state index contributed by atoms with van der Waals surface area (Å²) in [4.78, 5) is 33.5. The Morgan fingerprint density at radius 1 is 1.18 bits per heavy atom. The van der Waals surface area contributed by atoms with Crippen LogP contribution in [0.25, 0.3) is 21.1 Å². The average Bonchev–Trinajstić information content (AvgIpc) is 3.26. The number of rotatable bonds is 11. The largest absolute Gasteiger partial charge is 0.488 e. The number of phosphoric ester groups is 1. The Bertz CT molecular complexity index is 1360. The Balaban J connectivity index is 1.81. The number of phosphoric acid groups is 1. The summed E-state index contributed by atoms with van der Waals surface area (Å²) in [6.07, 6.45) is -2.78. The van der Waals surface area contributed by atoms with Gasteiger partial charge in [-0.15, -0.1) is 10.2 Å². The monoisotopic (exact) mass is 589 g/mol. The third-order valence-electron chi connectivity index (χ3n) is 4.91. The number of carboxylic acid groups (broad SMARTS) is 1. The van der Waals surface area contributed by atoms with Crippen LogP contribution < -0.4 is 15.4 Å². The molecule has 3 aromatic rings. The van der Waals surface area contributed by atoms with Crippen LogP contribution in [-0.4, -0.2) is 61.0 Å². The van der Waals surface area contributed by atoms with Crippen LogP contribution >= 0.6 is 30.8 Å². The SMILES string of the molecule is Cc1cc(-c2nnc(-c3cc(F)c(OC[C@H](NC(=O)O)[C@@H](C)OP(=O)(O)O)cc3Cl)s2)cc(NC(C)C)n1. The number of benzene rings is 1. The molecular formula is C22H26ClFN5O7PS. The van der Waals surface area contributed by atoms with Crippen molar-refractivity contribution in [1.82, 2.24) is 20.5 Å². The first-order valence-electron chi connectivity index (χ1n) is 11.2. The van der Waals surface area contributed by atoms with E-state index in [4.69, 9.17) is 31.2 Å². The lowest BCUT2D eigenvalue weighted by Crippen LogP contribution is -2.46. The molecular weight excluding hydrogens is 564 g/mol. The average molecular weight is 590 g/mol. The Kier molecular flexibility index (Phi) is 9.63. The van der Waals surface area contributed by atoms with Crippen molar-refractivity contribution in [3.05, 3.63) is 40.8 Å². The predicted molar refractivity (Wildman–Crippen MR) is 140 cm³/mol. The molecule has 1 amide bonds. The zero-order valence-electron chi connectivity index (χ0n) is 20.7. The van der Waals surface area contributed by atoms with Crippen LogP contribution in [0.3, 0.4) is 0 Å². The molecule has 0 aliphatic rings. The fourth-order valence-electron chi connectivity index (χ4n) is 3.34. The molecule has 5 N–H and O–H groups in total. The van der Waals surface area contributed by atoms with Gasteiger partial charge >= 0.3 is 13.9 Å². The van der Waals surface area contributed by atoms with Crippen molar-refractivity contribution >= 4 is 42.7 Å². The molecule has 0 aliphatic heterocycles. The van der Waals surface area contributed by atoms with Crippen molar-refractivity contribution in [2.24, 2.45) is 0 Å². The minimum atomic E-state index is -4.91. The summed E-state index contributed by atoms with van der Waals surface area (Å²) in [5.74, 6) is -0.436. The number of nitrogens with one attached hydrogen (secondary N) is 2. The number of aryl methyl sites for hydroxylation is 1. The lowest BCUT2D eigenvalue weighted by Gasteiger charge is -2.24. The second-order valence-electron chi connectivity index (χ2n) is 8.52. The van der Waals surface area contributed by atoms with E-state index in [9.17, 15) is 13.8 Å². The number of ether oxygens (including phenoxy) is 1. The number of amides is 1. The summed E-state index contributed by atoms with van der Waals surface area (Å²) in [6.45, 7) is 6.58. The number of aromatic nitrogens is 3. The van der Waals surface area contributed by atoms with Gasteiger partial charge in [-0.25, -0.2) is 18.7 Å². The number of hydrogen-bond donors (Lipinski definition) is 5. The van der Waals surface area contributed by atoms with E-state index >= 15 is 0 Å². The van der Waals surface area contributed by atoms with Crippen LogP contribution in [0.4, 0.5) is 15.0 Å². The Labute approximate surface area is 226 Å². The summed E-state index contributed by atoms with van der Waals surface area (Å²) in [6, 6.07) is 4.95. The number of pyridine rings is 1. The molecule has 38 heavy (non-hydrogen) atoms. The van der Waals surface area contributed by atoms with Gasteiger partial charge in [0, 0.05) is 28.9 Å². The molecule has 0 fully saturated rings. The third kappa shape index (κ3) is 8.32. The normalized spacial score (nSPS) is 13.3. The standard InChI is InChI=1S/C22H26ClFN5O7PS/c1-10(2)25-19-6-13(5-11(3)26-19)20-28-29-21(38-20)14-7-16(24)18(8-15(14)23)35-9-17(27-22(30)31)12(4)36-37(32,33)34/h5-8,10,12,17,27H,9H2,1-4H3,(H,25,26)(H,30,31)(H2,32,33,34)/t12-,17+/m1/s1. The highest BCUT2D eigenvalue weighted by molar-refractivity contribution is 7.46. The second kappa shape index (κ2) is 12.3. The van der Waals surface area contributed by atoms with Crippen molar-refractivity contribution in [2.75, 3.05) is 11.9 Å². The van der Waals surface area contributed by atoms with E-state index in [-0.39, 0.29) is 22.4 Å². The minimum absolute atomic E-state index is 0.0967. The maximum atomic E-state index is 14.9. The first-order valence-corrected chi connectivity index (χ1v) is 13.9. The Morgan fingerprint density at radius 2 is 1.87 bits per heavy atom. The van der Waals surface area contributed by atoms with Crippen LogP contribution in [0.1, 0.15) is 26.5 Å². The molecule has 16 heteroatoms. The van der Waals surface area contributed by atoms with E-state index in [1.54, 1.807) is 0 Å². The van der Waals surface area contributed by atoms with Crippen LogP contribution in [-0.2, 0) is 9.09 Å². The zero-order chi connectivity index (χ0) is 28.2. The van der Waals surface area contributed by atoms with Crippen LogP contribution in [0.2, 0.25) is 5.02 Å². The molecule has 3 rings (SSSR count). The molecule has 0 bridgehead atoms. The predicted octanol–water partition coefficient (Wildman–Crippen LogP) is 4.70. The fraction of sp³-hybridized carbons (Fsp3) is 0.364. The third-order valence-corrected chi connectivity index (χ3v) is 6.84. The summed E-state index contributed by atoms with van der Waals surface area (Å²) < 4.78 is 35.9. The summed E-state index contributed by atoms with van der Waals surface area (Å²) in [5, 5.41) is 23.7. The highest BCUT2D eigenvalue weighted by Gasteiger charge is 2.28. The van der Waals surface area contributed by atoms with Crippen molar-refractivity contribution in [2.45, 2.75) is 45.9 Å². The zero-order valence-corrected chi connectivity index (χ0v) is 23.1. The van der Waals surface area contributed by atoms with Crippen molar-refractivity contribution in [3.63, 3.8) is 0 Å². The summed E-state index contributed by atoms with van der Waals surface area (Å²) >= 11 is 7.59. The van der Waals surface area contributed by atoms with Crippen molar-refractivity contribution in [3.8, 4) is 26.9 Å². The van der Waals surface area contributed by atoms with Gasteiger partial charge in [-0.2, -0.15) is 0 Å². The van der Waals surface area contributed by atoms with Gasteiger partial charge in [0.25, 0.3) is 0 Å². The van der Waals surface area contributed by atoms with E-state index in [1.807, 2.05) is 38.2 Å². The molecule has 0 aliphatic carbocycles. The van der Waals surface area contributed by atoms with Gasteiger partial charge in [0.1, 0.15) is 22.4 Å². The number of hydrogen-bond acceptors (Lipinski definition) is 9. The molecule has 0 unspecified atom stereocenters. The van der Waals surface area contributed by atoms with E-state index in [1.165, 1.54) is 24.3 Å². The lowest BCUT2D eigenvalue weighted by atomic mass is 10.2. The molecule has 0 spiro atoms. The molecule has 206 valence electrons. The van der Waals surface area contributed by atoms with E-state index in [0.29, 0.717) is 15.8 Å². The van der Waals surface area contributed by atoms with E-state index < -0.39 is 38.5 Å². The number of halogens is 2. The van der Waals surface area contributed by atoms with Gasteiger partial charge < -0.3 is 30.3 Å². The smallest absolute Gasteiger partial charge is 0.469 e. The van der Waals surface area contributed by atoms with E-state index in [2.05, 4.69) is 25.0 Å². The lowest BCUT2D eigenvalue weighted by molar-refractivity contribution is 0.0895. The van der Waals surface area contributed by atoms with Crippen LogP contribution in [0.5, 0.6) is 5.75 Å². The topological polar surface area (TPSA) is 176 Å². The van der Waals surface area contributed by atoms with E-state index in [0.717, 1.165) is 17.3 Å². The maximum Gasteiger partial charge on any atom is 0.469 e. The highest BCUT2D eigenvalue weighted by atomic mass is 35.5. The van der Waals surface area contributed by atoms with Gasteiger partial charge in [-0.3, -0.25) is 4.52 Å². The first-order chi connectivity index (χ1) is 17.7. The van der Waals surface area contributed by atoms with Gasteiger partial charge in [0.2, 0.25) is 0 Å². The number of nitrogens with zero attached hydrogens (tertiary/aromatic N) is 3. The molecule has 2 atom stereocenters. The molecule has 0 radical (unpaired) electrons. The fourth-order valence-corrected chi connectivity index (χ4v) is 5.08. The van der Waals surface area contributed by atoms with Gasteiger partial charge in [0.05, 0.1) is 17.2 Å². The minimum Gasteiger partial charge on any atom is -0.488 e. The number of anilines is 1. The summed E-state index contributed by atoms with van der Waals surface area (Å²) in [7, 11) is -4.91. The molecule has 2 aromatic heterocycles. The summed E-state index contributed by atoms with van der Waals surface area (Å²) in [5.41, 5.74) is 1.83. The molecule has 0 saturated carbocycles. The van der Waals surface area contributed by atoms with Crippen LogP contribution in [0, 0.1) is 12.7 Å². The second-order valence-corrected chi connectivity index (χ2v) is 11.1. The molecule has 0 saturated heterocycles. The van der Waals surface area contributed by atoms with Gasteiger partial charge in [0.15, 0.2) is 11.6 Å². The highest BCUT2D eigenvalue weighted by Crippen LogP contribution is 2.39.